The molecule has 7 nitrogen and oxygen atoms in total. The van der Waals surface area contributed by atoms with Gasteiger partial charge in [0.25, 0.3) is 0 Å². The monoisotopic (exact) mass is 432 g/mol. The van der Waals surface area contributed by atoms with Crippen LogP contribution in [0.25, 0.3) is 0 Å². The normalized spacial score (nSPS) is 20.2. The number of hydrogen-bond acceptors (Lipinski definition) is 4. The molecule has 2 saturated heterocycles. The number of urea groups is 1. The second-order valence-electron chi connectivity index (χ2n) is 7.23. The van der Waals surface area contributed by atoms with E-state index in [4.69, 9.17) is 0 Å². The summed E-state index contributed by atoms with van der Waals surface area (Å²) in [4.78, 5) is 28.7. The van der Waals surface area contributed by atoms with Crippen molar-refractivity contribution in [1.82, 2.24) is 20.4 Å². The minimum absolute atomic E-state index is 0. The number of amides is 2. The number of piperidine rings is 1. The van der Waals surface area contributed by atoms with E-state index in [-0.39, 0.29) is 30.8 Å². The second kappa shape index (κ2) is 10.9. The molecule has 0 saturated carbocycles. The second-order valence-corrected chi connectivity index (χ2v) is 7.23. The number of piperazine rings is 1. The van der Waals surface area contributed by atoms with E-state index in [1.165, 1.54) is 6.92 Å². The standard InChI is InChI=1S/C19H28N4O3.2ClH/c1-19(17(24)25,15-5-3-2-4-6-15)21-18(26)23-13-11-22(12-14-23)16-7-9-20-10-8-16;;/h2-6,16,20H,7-14H2,1H3,(H,21,26)(H,24,25);2*1H. The van der Waals surface area contributed by atoms with Crippen LogP contribution in [0.15, 0.2) is 30.3 Å². The lowest BCUT2D eigenvalue weighted by Gasteiger charge is -2.41. The zero-order valence-electron chi connectivity index (χ0n) is 16.1. The molecule has 1 unspecified atom stereocenters. The zero-order chi connectivity index (χ0) is 18.6. The number of carbonyl (C=O) groups is 2. The van der Waals surface area contributed by atoms with Gasteiger partial charge in [0.05, 0.1) is 0 Å². The van der Waals surface area contributed by atoms with Crippen LogP contribution in [-0.2, 0) is 10.3 Å². The van der Waals surface area contributed by atoms with Crippen LogP contribution in [0.4, 0.5) is 4.79 Å². The fourth-order valence-electron chi connectivity index (χ4n) is 3.78. The highest BCUT2D eigenvalue weighted by molar-refractivity contribution is 5.87. The Balaban J connectivity index is 0.00000196. The predicted octanol–water partition coefficient (Wildman–Crippen LogP) is 1.91. The first-order valence-corrected chi connectivity index (χ1v) is 9.31. The van der Waals surface area contributed by atoms with Crippen molar-refractivity contribution >= 4 is 36.8 Å². The van der Waals surface area contributed by atoms with Crippen LogP contribution in [0.5, 0.6) is 0 Å². The van der Waals surface area contributed by atoms with Crippen molar-refractivity contribution in [2.24, 2.45) is 0 Å². The summed E-state index contributed by atoms with van der Waals surface area (Å²) in [6.45, 7) is 6.58. The van der Waals surface area contributed by atoms with Gasteiger partial charge in [-0.05, 0) is 38.4 Å². The molecule has 0 aliphatic carbocycles. The summed E-state index contributed by atoms with van der Waals surface area (Å²) in [7, 11) is 0. The maximum absolute atomic E-state index is 12.7. The Hall–Kier alpha value is -1.54. The summed E-state index contributed by atoms with van der Waals surface area (Å²) >= 11 is 0. The van der Waals surface area contributed by atoms with E-state index in [0.29, 0.717) is 24.7 Å². The van der Waals surface area contributed by atoms with Gasteiger partial charge < -0.3 is 20.6 Å². The van der Waals surface area contributed by atoms with Crippen molar-refractivity contribution in [3.05, 3.63) is 35.9 Å². The summed E-state index contributed by atoms with van der Waals surface area (Å²) in [6, 6.07) is 9.11. The molecule has 2 amide bonds. The quantitative estimate of drug-likeness (QED) is 0.676. The summed E-state index contributed by atoms with van der Waals surface area (Å²) in [5.41, 5.74) is -0.876. The molecule has 2 aliphatic rings. The Morgan fingerprint density at radius 1 is 1.07 bits per heavy atom. The Bertz CT molecular complexity index is 635. The lowest BCUT2D eigenvalue weighted by molar-refractivity contribution is -0.144. The molecular weight excluding hydrogens is 403 g/mol. The molecule has 1 aromatic rings. The van der Waals surface area contributed by atoms with Gasteiger partial charge >= 0.3 is 12.0 Å². The molecular formula is C19H30Cl2N4O3. The van der Waals surface area contributed by atoms with Crippen molar-refractivity contribution in [2.45, 2.75) is 31.3 Å². The van der Waals surface area contributed by atoms with E-state index in [9.17, 15) is 14.7 Å². The van der Waals surface area contributed by atoms with Crippen molar-refractivity contribution in [3.8, 4) is 0 Å². The fourth-order valence-corrected chi connectivity index (χ4v) is 3.78. The number of carboxylic acids is 1. The van der Waals surface area contributed by atoms with Gasteiger partial charge in [-0.15, -0.1) is 24.8 Å². The lowest BCUT2D eigenvalue weighted by atomic mass is 9.92. The molecule has 2 aliphatic heterocycles. The number of aliphatic carboxylic acids is 1. The number of carboxylic acid groups (broad SMARTS) is 1. The third kappa shape index (κ3) is 5.50. The number of rotatable bonds is 4. The summed E-state index contributed by atoms with van der Waals surface area (Å²) in [5, 5.41) is 15.8. The van der Waals surface area contributed by atoms with Gasteiger partial charge in [0.1, 0.15) is 0 Å². The number of hydrogen-bond donors (Lipinski definition) is 3. The molecule has 0 spiro atoms. The minimum atomic E-state index is -1.44. The van der Waals surface area contributed by atoms with Gasteiger partial charge in [-0.3, -0.25) is 4.90 Å². The fraction of sp³-hybridized carbons (Fsp3) is 0.579. The van der Waals surface area contributed by atoms with E-state index >= 15 is 0 Å². The van der Waals surface area contributed by atoms with Crippen LogP contribution in [0.3, 0.4) is 0 Å². The van der Waals surface area contributed by atoms with Gasteiger partial charge in [0.2, 0.25) is 0 Å². The van der Waals surface area contributed by atoms with Crippen LogP contribution >= 0.6 is 24.8 Å². The van der Waals surface area contributed by atoms with E-state index in [2.05, 4.69) is 15.5 Å². The van der Waals surface area contributed by atoms with Crippen LogP contribution in [0.2, 0.25) is 0 Å². The van der Waals surface area contributed by atoms with Crippen molar-refractivity contribution in [2.75, 3.05) is 39.3 Å². The molecule has 3 rings (SSSR count). The van der Waals surface area contributed by atoms with Gasteiger partial charge in [-0.2, -0.15) is 0 Å². The smallest absolute Gasteiger partial charge is 0.333 e. The van der Waals surface area contributed by atoms with Crippen molar-refractivity contribution in [3.63, 3.8) is 0 Å². The molecule has 0 aromatic heterocycles. The first-order chi connectivity index (χ1) is 12.5. The highest BCUT2D eigenvalue weighted by Crippen LogP contribution is 2.22. The van der Waals surface area contributed by atoms with E-state index in [1.54, 1.807) is 29.2 Å². The number of halogens is 2. The third-order valence-electron chi connectivity index (χ3n) is 5.56. The van der Waals surface area contributed by atoms with Gasteiger partial charge in [-0.1, -0.05) is 30.3 Å². The molecule has 0 bridgehead atoms. The number of carbonyl (C=O) groups excluding carboxylic acids is 1. The number of nitrogens with one attached hydrogen (secondary N) is 2. The zero-order valence-corrected chi connectivity index (χ0v) is 17.7. The lowest BCUT2D eigenvalue weighted by Crippen LogP contribution is -2.59. The van der Waals surface area contributed by atoms with Gasteiger partial charge in [0.15, 0.2) is 5.54 Å². The Kier molecular flexibility index (Phi) is 9.50. The largest absolute Gasteiger partial charge is 0.479 e. The van der Waals surface area contributed by atoms with Crippen LogP contribution in [-0.4, -0.2) is 72.2 Å². The molecule has 2 heterocycles. The topological polar surface area (TPSA) is 84.9 Å². The maximum atomic E-state index is 12.7. The molecule has 158 valence electrons. The van der Waals surface area contributed by atoms with Gasteiger partial charge in [-0.25, -0.2) is 9.59 Å². The van der Waals surface area contributed by atoms with E-state index in [1.807, 2.05) is 6.07 Å². The van der Waals surface area contributed by atoms with Crippen LogP contribution < -0.4 is 10.6 Å². The van der Waals surface area contributed by atoms with Crippen molar-refractivity contribution < 1.29 is 14.7 Å². The minimum Gasteiger partial charge on any atom is -0.479 e. The Labute approximate surface area is 178 Å². The molecule has 1 atom stereocenters. The maximum Gasteiger partial charge on any atom is 0.333 e. The van der Waals surface area contributed by atoms with Gasteiger partial charge in [0, 0.05) is 32.2 Å². The Morgan fingerprint density at radius 2 is 1.64 bits per heavy atom. The molecule has 0 radical (unpaired) electrons. The first-order valence-electron chi connectivity index (χ1n) is 9.31. The molecule has 1 aromatic carbocycles. The third-order valence-corrected chi connectivity index (χ3v) is 5.56. The average Bonchev–Trinajstić information content (AvgIpc) is 2.69. The molecule has 2 fully saturated rings. The van der Waals surface area contributed by atoms with Crippen LogP contribution in [0.1, 0.15) is 25.3 Å². The highest BCUT2D eigenvalue weighted by Gasteiger charge is 2.38. The SMILES string of the molecule is CC(NC(=O)N1CCN(C2CCNCC2)CC1)(C(=O)O)c1ccccc1.Cl.Cl. The number of nitrogens with zero attached hydrogens (tertiary/aromatic N) is 2. The van der Waals surface area contributed by atoms with Crippen molar-refractivity contribution in [1.29, 1.82) is 0 Å². The predicted molar refractivity (Wildman–Crippen MR) is 113 cm³/mol. The summed E-state index contributed by atoms with van der Waals surface area (Å²) in [6.07, 6.45) is 2.30. The summed E-state index contributed by atoms with van der Waals surface area (Å²) in [5.74, 6) is -1.06. The highest BCUT2D eigenvalue weighted by atomic mass is 35.5. The first kappa shape index (κ1) is 24.5. The molecule has 3 N–H and O–H groups in total. The van der Waals surface area contributed by atoms with E-state index < -0.39 is 11.5 Å². The molecule has 9 heteroatoms. The molecule has 28 heavy (non-hydrogen) atoms. The average molecular weight is 433 g/mol. The summed E-state index contributed by atoms with van der Waals surface area (Å²) < 4.78 is 0. The van der Waals surface area contributed by atoms with Crippen LogP contribution in [0, 0.1) is 0 Å². The Morgan fingerprint density at radius 3 is 2.18 bits per heavy atom. The van der Waals surface area contributed by atoms with E-state index in [0.717, 1.165) is 39.0 Å². The number of benzene rings is 1.